The molecular formula is C28H30N4OS. The SMILES string of the molecule is C#CCN(C)Sc1ccc(CNc2ccccc2C(=N)C(=O)Nc2ccc(C(C)C)cc2)cc1. The van der Waals surface area contributed by atoms with Crippen LogP contribution in [-0.2, 0) is 11.3 Å². The molecule has 5 nitrogen and oxygen atoms in total. The summed E-state index contributed by atoms with van der Waals surface area (Å²) in [4.78, 5) is 13.9. The van der Waals surface area contributed by atoms with Gasteiger partial charge < -0.3 is 10.6 Å². The number of carbonyl (C=O) groups excluding carboxylic acids is 1. The van der Waals surface area contributed by atoms with Crippen molar-refractivity contribution in [1.29, 1.82) is 5.41 Å². The van der Waals surface area contributed by atoms with E-state index in [0.29, 0.717) is 30.3 Å². The highest BCUT2D eigenvalue weighted by Gasteiger charge is 2.16. The van der Waals surface area contributed by atoms with Crippen molar-refractivity contribution in [3.05, 3.63) is 89.5 Å². The summed E-state index contributed by atoms with van der Waals surface area (Å²) in [5.74, 6) is 2.61. The maximum absolute atomic E-state index is 12.7. The number of terminal acetylenes is 1. The Morgan fingerprint density at radius 3 is 2.38 bits per heavy atom. The lowest BCUT2D eigenvalue weighted by Crippen LogP contribution is -2.24. The summed E-state index contributed by atoms with van der Waals surface area (Å²) in [5, 5.41) is 14.7. The van der Waals surface area contributed by atoms with Crippen LogP contribution >= 0.6 is 11.9 Å². The molecule has 6 heteroatoms. The Balaban J connectivity index is 1.63. The van der Waals surface area contributed by atoms with Crippen molar-refractivity contribution in [3.8, 4) is 12.3 Å². The number of hydrogen-bond acceptors (Lipinski definition) is 5. The summed E-state index contributed by atoms with van der Waals surface area (Å²) >= 11 is 1.60. The first-order chi connectivity index (χ1) is 16.4. The number of rotatable bonds is 10. The lowest BCUT2D eigenvalue weighted by atomic mass is 10.0. The Bertz CT molecular complexity index is 1160. The summed E-state index contributed by atoms with van der Waals surface area (Å²) in [7, 11) is 1.96. The van der Waals surface area contributed by atoms with E-state index in [1.54, 1.807) is 18.0 Å². The summed E-state index contributed by atoms with van der Waals surface area (Å²) in [6, 6.07) is 23.4. The second kappa shape index (κ2) is 12.1. The lowest BCUT2D eigenvalue weighted by molar-refractivity contribution is -0.110. The highest BCUT2D eigenvalue weighted by molar-refractivity contribution is 7.97. The predicted octanol–water partition coefficient (Wildman–Crippen LogP) is 6.00. The Morgan fingerprint density at radius 2 is 1.74 bits per heavy atom. The molecule has 0 aliphatic carbocycles. The number of anilines is 2. The quantitative estimate of drug-likeness (QED) is 0.193. The summed E-state index contributed by atoms with van der Waals surface area (Å²) in [5.41, 5.74) is 4.19. The van der Waals surface area contributed by atoms with Crippen LogP contribution in [0, 0.1) is 17.8 Å². The zero-order valence-electron chi connectivity index (χ0n) is 19.8. The molecule has 0 fully saturated rings. The van der Waals surface area contributed by atoms with Gasteiger partial charge in [-0.2, -0.15) is 0 Å². The standard InChI is InChI=1S/C28H30N4OS/c1-5-18-32(4)34-24-16-10-21(11-17-24)19-30-26-9-7-6-8-25(26)27(29)28(33)31-23-14-12-22(13-15-23)20(2)3/h1,6-17,20,29-30H,18-19H2,2-4H3,(H,31,33). The molecule has 34 heavy (non-hydrogen) atoms. The second-order valence-electron chi connectivity index (χ2n) is 8.23. The van der Waals surface area contributed by atoms with Crippen LogP contribution in [0.2, 0.25) is 0 Å². The molecule has 3 N–H and O–H groups in total. The topological polar surface area (TPSA) is 68.2 Å². The number of carbonyl (C=O) groups is 1. The molecule has 0 radical (unpaired) electrons. The third kappa shape index (κ3) is 6.98. The van der Waals surface area contributed by atoms with Crippen molar-refractivity contribution in [3.63, 3.8) is 0 Å². The molecule has 0 saturated heterocycles. The number of hydrogen-bond donors (Lipinski definition) is 3. The lowest BCUT2D eigenvalue weighted by Gasteiger charge is -2.14. The van der Waals surface area contributed by atoms with Gasteiger partial charge in [0.25, 0.3) is 5.91 Å². The van der Waals surface area contributed by atoms with E-state index < -0.39 is 5.91 Å². The van der Waals surface area contributed by atoms with Gasteiger partial charge in [0.05, 0.1) is 6.54 Å². The van der Waals surface area contributed by atoms with E-state index in [0.717, 1.165) is 16.1 Å². The zero-order valence-corrected chi connectivity index (χ0v) is 20.6. The summed E-state index contributed by atoms with van der Waals surface area (Å²) in [6.07, 6.45) is 5.35. The van der Waals surface area contributed by atoms with Gasteiger partial charge in [-0.25, -0.2) is 4.31 Å². The number of amides is 1. The molecule has 0 aliphatic heterocycles. The fourth-order valence-corrected chi connectivity index (χ4v) is 4.09. The average Bonchev–Trinajstić information content (AvgIpc) is 2.84. The monoisotopic (exact) mass is 470 g/mol. The highest BCUT2D eigenvalue weighted by Crippen LogP contribution is 2.23. The Kier molecular flexibility index (Phi) is 8.92. The Labute approximate surface area is 206 Å². The van der Waals surface area contributed by atoms with Crippen LogP contribution in [-0.4, -0.2) is 29.5 Å². The molecule has 0 heterocycles. The molecule has 3 aromatic rings. The maximum atomic E-state index is 12.7. The third-order valence-electron chi connectivity index (χ3n) is 5.24. The van der Waals surface area contributed by atoms with Crippen LogP contribution in [0.15, 0.2) is 77.7 Å². The van der Waals surface area contributed by atoms with Crippen molar-refractivity contribution in [1.82, 2.24) is 4.31 Å². The van der Waals surface area contributed by atoms with Gasteiger partial charge in [-0.05, 0) is 66.4 Å². The molecule has 0 unspecified atom stereocenters. The van der Waals surface area contributed by atoms with E-state index in [-0.39, 0.29) is 5.71 Å². The first kappa shape index (κ1) is 25.1. The number of para-hydroxylation sites is 1. The zero-order chi connectivity index (χ0) is 24.5. The van der Waals surface area contributed by atoms with E-state index in [9.17, 15) is 4.79 Å². The smallest absolute Gasteiger partial charge is 0.274 e. The van der Waals surface area contributed by atoms with Crippen molar-refractivity contribution < 1.29 is 4.79 Å². The fraction of sp³-hybridized carbons (Fsp3) is 0.214. The molecule has 0 aliphatic rings. The van der Waals surface area contributed by atoms with Crippen LogP contribution in [0.4, 0.5) is 11.4 Å². The molecule has 3 aromatic carbocycles. The van der Waals surface area contributed by atoms with Crippen molar-refractivity contribution in [2.24, 2.45) is 0 Å². The van der Waals surface area contributed by atoms with Crippen LogP contribution < -0.4 is 10.6 Å². The van der Waals surface area contributed by atoms with Crippen molar-refractivity contribution in [2.75, 3.05) is 24.2 Å². The van der Waals surface area contributed by atoms with Crippen LogP contribution in [0.5, 0.6) is 0 Å². The number of benzene rings is 3. The minimum atomic E-state index is -0.441. The molecule has 0 spiro atoms. The molecule has 0 saturated carbocycles. The van der Waals surface area contributed by atoms with Crippen LogP contribution in [0.1, 0.15) is 36.5 Å². The van der Waals surface area contributed by atoms with Gasteiger partial charge in [0, 0.05) is 28.4 Å². The van der Waals surface area contributed by atoms with Gasteiger partial charge >= 0.3 is 0 Å². The molecular weight excluding hydrogens is 440 g/mol. The van der Waals surface area contributed by atoms with Gasteiger partial charge in [0.1, 0.15) is 5.71 Å². The minimum absolute atomic E-state index is 0.0839. The maximum Gasteiger partial charge on any atom is 0.274 e. The molecule has 0 aromatic heterocycles. The number of nitrogens with one attached hydrogen (secondary N) is 3. The normalized spacial score (nSPS) is 10.7. The number of nitrogens with zero attached hydrogens (tertiary/aromatic N) is 1. The average molecular weight is 471 g/mol. The summed E-state index contributed by atoms with van der Waals surface area (Å²) in [6.45, 7) is 5.40. The second-order valence-corrected chi connectivity index (χ2v) is 9.51. The van der Waals surface area contributed by atoms with Crippen LogP contribution in [0.25, 0.3) is 0 Å². The van der Waals surface area contributed by atoms with Gasteiger partial charge in [-0.1, -0.05) is 62.2 Å². The van der Waals surface area contributed by atoms with Gasteiger partial charge in [0.2, 0.25) is 0 Å². The van der Waals surface area contributed by atoms with E-state index >= 15 is 0 Å². The van der Waals surface area contributed by atoms with Gasteiger partial charge in [0.15, 0.2) is 0 Å². The molecule has 0 atom stereocenters. The molecule has 174 valence electrons. The third-order valence-corrected chi connectivity index (χ3v) is 6.16. The van der Waals surface area contributed by atoms with Gasteiger partial charge in [-0.15, -0.1) is 6.42 Å². The van der Waals surface area contributed by atoms with E-state index in [4.69, 9.17) is 11.8 Å². The molecule has 0 bridgehead atoms. The van der Waals surface area contributed by atoms with E-state index in [1.165, 1.54) is 5.56 Å². The minimum Gasteiger partial charge on any atom is -0.380 e. The fourth-order valence-electron chi connectivity index (χ4n) is 3.33. The summed E-state index contributed by atoms with van der Waals surface area (Å²) < 4.78 is 2.00. The largest absolute Gasteiger partial charge is 0.380 e. The Hall–Kier alpha value is -3.53. The molecule has 3 rings (SSSR count). The van der Waals surface area contributed by atoms with Crippen molar-refractivity contribution in [2.45, 2.75) is 31.2 Å². The van der Waals surface area contributed by atoms with E-state index in [1.807, 2.05) is 53.8 Å². The predicted molar refractivity (Wildman–Crippen MR) is 144 cm³/mol. The molecule has 1 amide bonds. The van der Waals surface area contributed by atoms with E-state index in [2.05, 4.69) is 54.7 Å². The first-order valence-corrected chi connectivity index (χ1v) is 11.9. The first-order valence-electron chi connectivity index (χ1n) is 11.1. The van der Waals surface area contributed by atoms with Gasteiger partial charge in [-0.3, -0.25) is 10.2 Å². The van der Waals surface area contributed by atoms with Crippen molar-refractivity contribution >= 4 is 34.9 Å². The Morgan fingerprint density at radius 1 is 1.06 bits per heavy atom. The van der Waals surface area contributed by atoms with Crippen LogP contribution in [0.3, 0.4) is 0 Å². The highest BCUT2D eigenvalue weighted by atomic mass is 32.2.